The Morgan fingerprint density at radius 3 is 2.00 bits per heavy atom. The van der Waals surface area contributed by atoms with Crippen LogP contribution in [-0.2, 0) is 0 Å². The summed E-state index contributed by atoms with van der Waals surface area (Å²) in [7, 11) is 0. The largest absolute Gasteiger partial charge is 0.192 e. The van der Waals surface area contributed by atoms with Crippen LogP contribution in [0.2, 0.25) is 0 Å². The van der Waals surface area contributed by atoms with Crippen molar-refractivity contribution in [1.82, 2.24) is 0 Å². The first-order chi connectivity index (χ1) is 7.85. The van der Waals surface area contributed by atoms with Gasteiger partial charge < -0.3 is 0 Å². The van der Waals surface area contributed by atoms with E-state index in [2.05, 4.69) is 0 Å². The van der Waals surface area contributed by atoms with Gasteiger partial charge in [-0.2, -0.15) is 10.5 Å². The van der Waals surface area contributed by atoms with Crippen LogP contribution in [0.5, 0.6) is 0 Å². The number of rotatable bonds is 1. The monoisotopic (exact) mass is 204 g/mol. The predicted octanol–water partition coefficient (Wildman–Crippen LogP) is 3.10. The number of hydrogen-bond acceptors (Lipinski definition) is 2. The third kappa shape index (κ3) is 1.78. The number of nitrogens with zero attached hydrogens (tertiary/aromatic N) is 2. The molecular weight excluding hydrogens is 196 g/mol. The van der Waals surface area contributed by atoms with E-state index in [4.69, 9.17) is 10.5 Å². The van der Waals surface area contributed by atoms with Gasteiger partial charge in [0.15, 0.2) is 0 Å². The minimum atomic E-state index is 0.419. The van der Waals surface area contributed by atoms with E-state index in [0.717, 1.165) is 11.1 Å². The quantitative estimate of drug-likeness (QED) is 0.716. The molecule has 2 aromatic carbocycles. The summed E-state index contributed by atoms with van der Waals surface area (Å²) in [6.07, 6.45) is 0. The topological polar surface area (TPSA) is 47.6 Å². The molecule has 0 atom stereocenters. The van der Waals surface area contributed by atoms with Gasteiger partial charge in [0.1, 0.15) is 12.1 Å². The molecule has 2 rings (SSSR count). The second kappa shape index (κ2) is 4.29. The second-order valence-electron chi connectivity index (χ2n) is 3.35. The van der Waals surface area contributed by atoms with E-state index in [1.54, 1.807) is 12.1 Å². The Balaban J connectivity index is 2.55. The molecule has 0 aliphatic heterocycles. The van der Waals surface area contributed by atoms with Crippen LogP contribution in [0.3, 0.4) is 0 Å². The zero-order valence-electron chi connectivity index (χ0n) is 8.51. The Morgan fingerprint density at radius 1 is 0.688 bits per heavy atom. The van der Waals surface area contributed by atoms with E-state index in [-0.39, 0.29) is 0 Å². The minimum absolute atomic E-state index is 0.419. The molecule has 0 fully saturated rings. The summed E-state index contributed by atoms with van der Waals surface area (Å²) in [5.74, 6) is 0. The maximum absolute atomic E-state index is 8.92. The molecule has 0 aromatic heterocycles. The zero-order chi connectivity index (χ0) is 11.4. The van der Waals surface area contributed by atoms with Crippen molar-refractivity contribution < 1.29 is 0 Å². The highest BCUT2D eigenvalue weighted by atomic mass is 14.3. The molecular formula is C14H8N2. The molecule has 0 saturated carbocycles. The van der Waals surface area contributed by atoms with Crippen LogP contribution in [0.1, 0.15) is 11.1 Å². The average Bonchev–Trinajstić information content (AvgIpc) is 2.39. The van der Waals surface area contributed by atoms with Crippen LogP contribution in [0.4, 0.5) is 0 Å². The van der Waals surface area contributed by atoms with Crippen molar-refractivity contribution in [3.63, 3.8) is 0 Å². The lowest BCUT2D eigenvalue weighted by Crippen LogP contribution is -1.85. The smallest absolute Gasteiger partial charge is 0.101 e. The van der Waals surface area contributed by atoms with E-state index in [0.29, 0.717) is 11.1 Å². The van der Waals surface area contributed by atoms with Gasteiger partial charge in [-0.15, -0.1) is 0 Å². The molecule has 16 heavy (non-hydrogen) atoms. The summed E-state index contributed by atoms with van der Waals surface area (Å²) < 4.78 is 0. The second-order valence-corrected chi connectivity index (χ2v) is 3.35. The number of benzene rings is 2. The van der Waals surface area contributed by atoms with Crippen molar-refractivity contribution in [2.75, 3.05) is 0 Å². The minimum Gasteiger partial charge on any atom is -0.192 e. The summed E-state index contributed by atoms with van der Waals surface area (Å²) in [6, 6.07) is 19.1. The molecule has 0 spiro atoms. The van der Waals surface area contributed by atoms with E-state index in [1.165, 1.54) is 0 Å². The Kier molecular flexibility index (Phi) is 2.67. The van der Waals surface area contributed by atoms with Gasteiger partial charge >= 0.3 is 0 Å². The first kappa shape index (κ1) is 9.96. The Hall–Kier alpha value is -2.58. The van der Waals surface area contributed by atoms with Crippen LogP contribution in [-0.4, -0.2) is 0 Å². The molecule has 0 radical (unpaired) electrons. The van der Waals surface area contributed by atoms with E-state index in [1.807, 2.05) is 48.5 Å². The van der Waals surface area contributed by atoms with Gasteiger partial charge in [0.2, 0.25) is 0 Å². The fourth-order valence-corrected chi connectivity index (χ4v) is 1.54. The molecule has 74 valence electrons. The Labute approximate surface area is 94.0 Å². The fourth-order valence-electron chi connectivity index (χ4n) is 1.54. The maximum Gasteiger partial charge on any atom is 0.101 e. The molecule has 0 heterocycles. The van der Waals surface area contributed by atoms with Crippen LogP contribution < -0.4 is 0 Å². The van der Waals surface area contributed by atoms with Crippen molar-refractivity contribution in [3.05, 3.63) is 59.7 Å². The Morgan fingerprint density at radius 2 is 1.38 bits per heavy atom. The summed E-state index contributed by atoms with van der Waals surface area (Å²) >= 11 is 0. The van der Waals surface area contributed by atoms with Crippen molar-refractivity contribution in [3.8, 4) is 23.3 Å². The Bertz CT molecular complexity index is 586. The van der Waals surface area contributed by atoms with Crippen LogP contribution in [0.15, 0.2) is 48.5 Å². The number of nitriles is 2. The van der Waals surface area contributed by atoms with Crippen LogP contribution in [0.25, 0.3) is 11.1 Å². The zero-order valence-corrected chi connectivity index (χ0v) is 8.51. The van der Waals surface area contributed by atoms with Gasteiger partial charge in [0, 0.05) is 0 Å². The third-order valence-corrected chi connectivity index (χ3v) is 2.37. The van der Waals surface area contributed by atoms with Gasteiger partial charge in [-0.05, 0) is 23.3 Å². The predicted molar refractivity (Wildman–Crippen MR) is 61.3 cm³/mol. The molecule has 0 aliphatic carbocycles. The van der Waals surface area contributed by atoms with Gasteiger partial charge in [-0.25, -0.2) is 0 Å². The standard InChI is InChI=1S/C14H8N2/c15-9-13-7-6-12(8-14(13)10-16)11-4-2-1-3-5-11/h1-8H. The van der Waals surface area contributed by atoms with Gasteiger partial charge in [-0.3, -0.25) is 0 Å². The molecule has 0 aliphatic rings. The highest BCUT2D eigenvalue weighted by Crippen LogP contribution is 2.21. The summed E-state index contributed by atoms with van der Waals surface area (Å²) in [6.45, 7) is 0. The normalized spacial score (nSPS) is 9.12. The highest BCUT2D eigenvalue weighted by Gasteiger charge is 2.03. The molecule has 0 amide bonds. The first-order valence-electron chi connectivity index (χ1n) is 4.85. The molecule has 2 aromatic rings. The van der Waals surface area contributed by atoms with Crippen LogP contribution >= 0.6 is 0 Å². The maximum atomic E-state index is 8.92. The van der Waals surface area contributed by atoms with Crippen molar-refractivity contribution in [2.24, 2.45) is 0 Å². The van der Waals surface area contributed by atoms with Crippen LogP contribution in [0, 0.1) is 22.7 Å². The molecule has 0 saturated heterocycles. The van der Waals surface area contributed by atoms with Crippen molar-refractivity contribution in [2.45, 2.75) is 0 Å². The molecule has 2 heteroatoms. The lowest BCUT2D eigenvalue weighted by molar-refractivity contribution is 1.43. The lowest BCUT2D eigenvalue weighted by atomic mass is 10.0. The van der Waals surface area contributed by atoms with Gasteiger partial charge in [-0.1, -0.05) is 36.4 Å². The summed E-state index contributed by atoms with van der Waals surface area (Å²) in [5, 5.41) is 17.7. The average molecular weight is 204 g/mol. The molecule has 2 nitrogen and oxygen atoms in total. The number of hydrogen-bond donors (Lipinski definition) is 0. The fraction of sp³-hybridized carbons (Fsp3) is 0. The molecule has 0 bridgehead atoms. The van der Waals surface area contributed by atoms with Gasteiger partial charge in [0.05, 0.1) is 11.1 Å². The van der Waals surface area contributed by atoms with E-state index < -0.39 is 0 Å². The van der Waals surface area contributed by atoms with Crippen molar-refractivity contribution >= 4 is 0 Å². The van der Waals surface area contributed by atoms with Gasteiger partial charge in [0.25, 0.3) is 0 Å². The lowest BCUT2D eigenvalue weighted by Gasteiger charge is -2.02. The first-order valence-corrected chi connectivity index (χ1v) is 4.85. The van der Waals surface area contributed by atoms with E-state index in [9.17, 15) is 0 Å². The highest BCUT2D eigenvalue weighted by molar-refractivity contribution is 5.67. The SMILES string of the molecule is N#Cc1ccc(-c2ccccc2)cc1C#N. The summed E-state index contributed by atoms with van der Waals surface area (Å²) in [4.78, 5) is 0. The third-order valence-electron chi connectivity index (χ3n) is 2.37. The van der Waals surface area contributed by atoms with E-state index >= 15 is 0 Å². The van der Waals surface area contributed by atoms with Crippen molar-refractivity contribution in [1.29, 1.82) is 10.5 Å². The summed E-state index contributed by atoms with van der Waals surface area (Å²) in [5.41, 5.74) is 2.84. The molecule has 0 unspecified atom stereocenters. The molecule has 0 N–H and O–H groups in total.